The molecule has 1 aliphatic rings. The Labute approximate surface area is 160 Å². The summed E-state index contributed by atoms with van der Waals surface area (Å²) in [5.74, 6) is 0.454. The van der Waals surface area contributed by atoms with Gasteiger partial charge < -0.3 is 4.90 Å². The van der Waals surface area contributed by atoms with Crippen LogP contribution in [0.25, 0.3) is 0 Å². The molecule has 2 rings (SSSR count). The Bertz CT molecular complexity index is 405. The van der Waals surface area contributed by atoms with Gasteiger partial charge in [-0.1, -0.05) is 30.3 Å². The van der Waals surface area contributed by atoms with E-state index >= 15 is 0 Å². The molecule has 20 heavy (non-hydrogen) atoms. The number of benzene rings is 1. The van der Waals surface area contributed by atoms with E-state index in [2.05, 4.69) is 67.6 Å². The second kappa shape index (κ2) is 13.1. The number of halogens is 3. The normalized spacial score (nSPS) is 13.2. The second-order valence-corrected chi connectivity index (χ2v) is 4.46. The molecule has 0 saturated heterocycles. The average Bonchev–Trinajstić information content (AvgIpc) is 2.80. The van der Waals surface area contributed by atoms with E-state index in [0.717, 1.165) is 13.0 Å². The van der Waals surface area contributed by atoms with Crippen LogP contribution in [0, 0.1) is 6.08 Å². The van der Waals surface area contributed by atoms with Crippen LogP contribution in [0.15, 0.2) is 48.1 Å². The van der Waals surface area contributed by atoms with Crippen molar-refractivity contribution in [3.8, 4) is 0 Å². The number of likely N-dealkylation sites (N-methyl/N-ethyl adjacent to an activating group) is 1. The maximum atomic E-state index is 3.44. The molecule has 1 unspecified atom stereocenters. The van der Waals surface area contributed by atoms with Crippen molar-refractivity contribution in [3.63, 3.8) is 0 Å². The van der Waals surface area contributed by atoms with E-state index in [1.165, 1.54) is 11.1 Å². The molecule has 5 heteroatoms. The standard InChI is InChI=1S/C15H18N.3ClH.Zr/c1-16(2)12-15(14-10-6-7-11-14)13-8-4-3-5-9-13;;;;/h3-6,8-10,15H,7,12H2,1-2H3;3*1H;/q-1;;;;. The van der Waals surface area contributed by atoms with Crippen molar-refractivity contribution >= 4 is 37.2 Å². The quantitative estimate of drug-likeness (QED) is 0.667. The van der Waals surface area contributed by atoms with Gasteiger partial charge in [-0.25, -0.2) is 11.6 Å². The molecule has 0 aromatic heterocycles. The van der Waals surface area contributed by atoms with E-state index in [-0.39, 0.29) is 63.4 Å². The van der Waals surface area contributed by atoms with Gasteiger partial charge in [-0.05, 0) is 25.6 Å². The molecule has 0 aliphatic heterocycles. The first kappa shape index (κ1) is 25.4. The van der Waals surface area contributed by atoms with Gasteiger partial charge in [0.25, 0.3) is 0 Å². The van der Waals surface area contributed by atoms with E-state index in [1.54, 1.807) is 0 Å². The molecular weight excluding hydrogens is 392 g/mol. The monoisotopic (exact) mass is 410 g/mol. The van der Waals surface area contributed by atoms with Gasteiger partial charge in [0.15, 0.2) is 0 Å². The number of allylic oxidation sites excluding steroid dienone is 3. The van der Waals surface area contributed by atoms with Gasteiger partial charge in [-0.15, -0.1) is 43.6 Å². The molecule has 0 spiro atoms. The van der Waals surface area contributed by atoms with Gasteiger partial charge in [0, 0.05) is 32.7 Å². The third-order valence-electron chi connectivity index (χ3n) is 2.85. The number of rotatable bonds is 4. The topological polar surface area (TPSA) is 3.24 Å². The molecule has 0 bridgehead atoms. The summed E-state index contributed by atoms with van der Waals surface area (Å²) in [6, 6.07) is 10.7. The summed E-state index contributed by atoms with van der Waals surface area (Å²) < 4.78 is 0. The van der Waals surface area contributed by atoms with Crippen molar-refractivity contribution in [2.24, 2.45) is 0 Å². The van der Waals surface area contributed by atoms with Gasteiger partial charge in [0.2, 0.25) is 0 Å². The van der Waals surface area contributed by atoms with Crippen molar-refractivity contribution in [2.75, 3.05) is 20.6 Å². The molecule has 0 fully saturated rings. The van der Waals surface area contributed by atoms with E-state index < -0.39 is 0 Å². The molecule has 0 saturated carbocycles. The van der Waals surface area contributed by atoms with Crippen molar-refractivity contribution in [1.29, 1.82) is 0 Å². The van der Waals surface area contributed by atoms with E-state index in [9.17, 15) is 0 Å². The maximum absolute atomic E-state index is 3.44. The van der Waals surface area contributed by atoms with Gasteiger partial charge >= 0.3 is 0 Å². The molecule has 0 heterocycles. The Hall–Kier alpha value is 0.413. The Morgan fingerprint density at radius 1 is 1.10 bits per heavy atom. The Balaban J connectivity index is -0.000000722. The summed E-state index contributed by atoms with van der Waals surface area (Å²) in [4.78, 5) is 2.23. The molecule has 0 N–H and O–H groups in total. The minimum atomic E-state index is 0. The largest absolute Gasteiger partial charge is 0.309 e. The molecule has 1 atom stereocenters. The first-order valence-electron chi connectivity index (χ1n) is 5.74. The Morgan fingerprint density at radius 3 is 2.15 bits per heavy atom. The maximum Gasteiger partial charge on any atom is 0.00557 e. The fourth-order valence-corrected chi connectivity index (χ4v) is 2.09. The summed E-state index contributed by atoms with van der Waals surface area (Å²) in [6.45, 7) is 1.04. The zero-order valence-corrected chi connectivity index (χ0v) is 16.6. The Morgan fingerprint density at radius 2 is 1.70 bits per heavy atom. The predicted octanol–water partition coefficient (Wildman–Crippen LogP) is 4.28. The first-order chi connectivity index (χ1) is 7.77. The van der Waals surface area contributed by atoms with Gasteiger partial charge in [-0.3, -0.25) is 6.08 Å². The van der Waals surface area contributed by atoms with Gasteiger partial charge in [-0.2, -0.15) is 6.08 Å². The fraction of sp³-hybridized carbons (Fsp3) is 0.333. The van der Waals surface area contributed by atoms with E-state index in [0.29, 0.717) is 5.92 Å². The van der Waals surface area contributed by atoms with Crippen LogP contribution in [0.5, 0.6) is 0 Å². The van der Waals surface area contributed by atoms with Crippen molar-refractivity contribution in [3.05, 3.63) is 59.7 Å². The zero-order chi connectivity index (χ0) is 11.4. The van der Waals surface area contributed by atoms with Crippen LogP contribution in [0.2, 0.25) is 0 Å². The number of nitrogens with zero attached hydrogens (tertiary/aromatic N) is 1. The van der Waals surface area contributed by atoms with Crippen LogP contribution >= 0.6 is 37.2 Å². The van der Waals surface area contributed by atoms with Crippen LogP contribution in [-0.4, -0.2) is 25.5 Å². The second-order valence-electron chi connectivity index (χ2n) is 4.46. The molecule has 0 amide bonds. The molecule has 1 aromatic carbocycles. The average molecular weight is 413 g/mol. The number of hydrogen-bond acceptors (Lipinski definition) is 1. The van der Waals surface area contributed by atoms with E-state index in [1.807, 2.05) is 0 Å². The minimum absolute atomic E-state index is 0. The third-order valence-corrected chi connectivity index (χ3v) is 2.85. The number of hydrogen-bond donors (Lipinski definition) is 0. The van der Waals surface area contributed by atoms with Crippen LogP contribution in [-0.2, 0) is 26.2 Å². The Kier molecular flexibility index (Phi) is 16.6. The molecule has 0 radical (unpaired) electrons. The third kappa shape index (κ3) is 7.43. The fourth-order valence-electron chi connectivity index (χ4n) is 2.09. The van der Waals surface area contributed by atoms with Crippen LogP contribution in [0.3, 0.4) is 0 Å². The zero-order valence-electron chi connectivity index (χ0n) is 11.7. The molecule has 112 valence electrons. The summed E-state index contributed by atoms with van der Waals surface area (Å²) in [5, 5.41) is 0. The molecule has 1 aliphatic carbocycles. The van der Waals surface area contributed by atoms with E-state index in [4.69, 9.17) is 0 Å². The summed E-state index contributed by atoms with van der Waals surface area (Å²) >= 11 is 0. The minimum Gasteiger partial charge on any atom is -0.309 e. The van der Waals surface area contributed by atoms with Gasteiger partial charge in [0.05, 0.1) is 0 Å². The van der Waals surface area contributed by atoms with Gasteiger partial charge in [0.1, 0.15) is 0 Å². The summed E-state index contributed by atoms with van der Waals surface area (Å²) in [7, 11) is 4.24. The van der Waals surface area contributed by atoms with Crippen molar-refractivity contribution in [1.82, 2.24) is 4.90 Å². The first-order valence-corrected chi connectivity index (χ1v) is 5.74. The predicted molar refractivity (Wildman–Crippen MR) is 90.0 cm³/mol. The van der Waals surface area contributed by atoms with Crippen molar-refractivity contribution < 1.29 is 26.2 Å². The molecule has 1 aromatic rings. The van der Waals surface area contributed by atoms with Crippen LogP contribution < -0.4 is 0 Å². The summed E-state index contributed by atoms with van der Waals surface area (Å²) in [5.41, 5.74) is 2.71. The molecule has 1 nitrogen and oxygen atoms in total. The smallest absolute Gasteiger partial charge is 0.00557 e. The summed E-state index contributed by atoms with van der Waals surface area (Å²) in [6.07, 6.45) is 8.79. The molecular formula is C15H21Cl3NZr-. The van der Waals surface area contributed by atoms with Crippen LogP contribution in [0.1, 0.15) is 17.9 Å². The van der Waals surface area contributed by atoms with Crippen LogP contribution in [0.4, 0.5) is 0 Å². The van der Waals surface area contributed by atoms with Crippen molar-refractivity contribution in [2.45, 2.75) is 12.3 Å². The SMILES string of the molecule is CN(C)CC(C1=[C-]CC=C1)c1ccccc1.Cl.Cl.Cl.[Zr].